The van der Waals surface area contributed by atoms with E-state index in [2.05, 4.69) is 16.4 Å². The lowest BCUT2D eigenvalue weighted by molar-refractivity contribution is -0.136. The second kappa shape index (κ2) is 7.57. The van der Waals surface area contributed by atoms with Crippen LogP contribution in [0.25, 0.3) is 11.3 Å². The molecule has 0 aliphatic carbocycles. The number of nitrogens with zero attached hydrogens (tertiary/aromatic N) is 1. The van der Waals surface area contributed by atoms with Crippen LogP contribution in [0, 0.1) is 20.8 Å². The first-order chi connectivity index (χ1) is 11.3. The summed E-state index contributed by atoms with van der Waals surface area (Å²) in [4.78, 5) is 28.1. The molecule has 128 valence electrons. The number of carbonyl (C=O) groups is 2. The molecule has 1 aromatic heterocycles. The SMILES string of the molecule is CCCC(=O)Nc1nc(-c2cc(C)c(C)cc2C)c(CC(=O)O)s1. The number of carbonyl (C=O) groups excluding carboxylic acids is 1. The molecule has 24 heavy (non-hydrogen) atoms. The van der Waals surface area contributed by atoms with Crippen LogP contribution in [-0.2, 0) is 16.0 Å². The van der Waals surface area contributed by atoms with Gasteiger partial charge in [-0.2, -0.15) is 0 Å². The van der Waals surface area contributed by atoms with Crippen molar-refractivity contribution in [3.05, 3.63) is 33.7 Å². The number of nitrogens with one attached hydrogen (secondary N) is 1. The Hall–Kier alpha value is -2.21. The standard InChI is InChI=1S/C18H22N2O3S/c1-5-6-15(21)19-18-20-17(14(24-18)9-16(22)23)13-8-11(3)10(2)7-12(13)4/h7-8H,5-6,9H2,1-4H3,(H,22,23)(H,19,20,21). The fraction of sp³-hybridized carbons (Fsp3) is 0.389. The number of rotatable bonds is 6. The van der Waals surface area contributed by atoms with E-state index >= 15 is 0 Å². The van der Waals surface area contributed by atoms with Gasteiger partial charge in [0.1, 0.15) is 0 Å². The number of amides is 1. The van der Waals surface area contributed by atoms with E-state index in [0.717, 1.165) is 23.1 Å². The second-order valence-electron chi connectivity index (χ2n) is 5.91. The molecule has 0 saturated heterocycles. The smallest absolute Gasteiger partial charge is 0.308 e. The first kappa shape index (κ1) is 18.1. The molecule has 5 nitrogen and oxygen atoms in total. The maximum absolute atomic E-state index is 11.8. The maximum atomic E-state index is 11.8. The summed E-state index contributed by atoms with van der Waals surface area (Å²) in [5.41, 5.74) is 4.92. The minimum atomic E-state index is -0.909. The van der Waals surface area contributed by atoms with Crippen LogP contribution in [0.4, 0.5) is 5.13 Å². The predicted molar refractivity (Wildman–Crippen MR) is 96.6 cm³/mol. The number of aryl methyl sites for hydroxylation is 3. The molecule has 0 aliphatic rings. The highest BCUT2D eigenvalue weighted by Gasteiger charge is 2.18. The summed E-state index contributed by atoms with van der Waals surface area (Å²) in [6, 6.07) is 4.10. The first-order valence-corrected chi connectivity index (χ1v) is 8.73. The van der Waals surface area contributed by atoms with Crippen molar-refractivity contribution < 1.29 is 14.7 Å². The molecule has 1 heterocycles. The average molecular weight is 346 g/mol. The molecule has 6 heteroatoms. The number of aliphatic carboxylic acids is 1. The summed E-state index contributed by atoms with van der Waals surface area (Å²) < 4.78 is 0. The zero-order valence-electron chi connectivity index (χ0n) is 14.4. The van der Waals surface area contributed by atoms with Crippen LogP contribution in [0.15, 0.2) is 12.1 Å². The molecule has 0 radical (unpaired) electrons. The Morgan fingerprint density at radius 3 is 2.46 bits per heavy atom. The van der Waals surface area contributed by atoms with Gasteiger partial charge in [-0.3, -0.25) is 9.59 Å². The number of benzene rings is 1. The fourth-order valence-corrected chi connectivity index (χ4v) is 3.48. The lowest BCUT2D eigenvalue weighted by Crippen LogP contribution is -2.10. The molecule has 0 atom stereocenters. The number of carboxylic acid groups (broad SMARTS) is 1. The Balaban J connectivity index is 2.47. The van der Waals surface area contributed by atoms with Crippen molar-refractivity contribution in [2.24, 2.45) is 0 Å². The van der Waals surface area contributed by atoms with E-state index in [-0.39, 0.29) is 12.3 Å². The molecule has 0 aliphatic heterocycles. The van der Waals surface area contributed by atoms with Crippen molar-refractivity contribution in [1.29, 1.82) is 0 Å². The van der Waals surface area contributed by atoms with Crippen LogP contribution in [0.3, 0.4) is 0 Å². The third-order valence-corrected chi connectivity index (χ3v) is 4.80. The normalized spacial score (nSPS) is 10.7. The van der Waals surface area contributed by atoms with E-state index in [9.17, 15) is 14.7 Å². The lowest BCUT2D eigenvalue weighted by Gasteiger charge is -2.09. The molecule has 0 unspecified atom stereocenters. The van der Waals surface area contributed by atoms with Crippen LogP contribution in [0.1, 0.15) is 41.3 Å². The van der Waals surface area contributed by atoms with Crippen molar-refractivity contribution in [3.8, 4) is 11.3 Å². The quantitative estimate of drug-likeness (QED) is 0.825. The van der Waals surface area contributed by atoms with Crippen LogP contribution in [0.2, 0.25) is 0 Å². The molecule has 0 fully saturated rings. The minimum absolute atomic E-state index is 0.100. The summed E-state index contributed by atoms with van der Waals surface area (Å²) in [6.07, 6.45) is 1.07. The Morgan fingerprint density at radius 1 is 1.17 bits per heavy atom. The van der Waals surface area contributed by atoms with Gasteiger partial charge in [0.2, 0.25) is 5.91 Å². The van der Waals surface area contributed by atoms with Crippen molar-refractivity contribution in [2.45, 2.75) is 47.0 Å². The Morgan fingerprint density at radius 2 is 1.83 bits per heavy atom. The monoisotopic (exact) mass is 346 g/mol. The van der Waals surface area contributed by atoms with Gasteiger partial charge in [0.15, 0.2) is 5.13 Å². The Kier molecular flexibility index (Phi) is 5.72. The molecule has 0 bridgehead atoms. The van der Waals surface area contributed by atoms with E-state index in [0.29, 0.717) is 22.1 Å². The molecule has 2 rings (SSSR count). The number of hydrogen-bond acceptors (Lipinski definition) is 4. The van der Waals surface area contributed by atoms with Gasteiger partial charge in [0.05, 0.1) is 12.1 Å². The van der Waals surface area contributed by atoms with Gasteiger partial charge in [0.25, 0.3) is 0 Å². The fourth-order valence-electron chi connectivity index (χ4n) is 2.50. The molecule has 1 amide bonds. The minimum Gasteiger partial charge on any atom is -0.481 e. The number of anilines is 1. The molecular formula is C18H22N2O3S. The van der Waals surface area contributed by atoms with Crippen LogP contribution < -0.4 is 5.32 Å². The highest BCUT2D eigenvalue weighted by molar-refractivity contribution is 7.16. The number of hydrogen-bond donors (Lipinski definition) is 2. The van der Waals surface area contributed by atoms with Crippen molar-refractivity contribution in [1.82, 2.24) is 4.98 Å². The molecule has 0 saturated carbocycles. The summed E-state index contributed by atoms with van der Waals surface area (Å²) in [7, 11) is 0. The third kappa shape index (κ3) is 4.20. The van der Waals surface area contributed by atoms with E-state index in [1.54, 1.807) is 0 Å². The van der Waals surface area contributed by atoms with Crippen molar-refractivity contribution in [2.75, 3.05) is 5.32 Å². The Bertz CT molecular complexity index is 781. The summed E-state index contributed by atoms with van der Waals surface area (Å²) >= 11 is 1.23. The largest absolute Gasteiger partial charge is 0.481 e. The summed E-state index contributed by atoms with van der Waals surface area (Å²) in [5.74, 6) is -1.01. The topological polar surface area (TPSA) is 79.3 Å². The third-order valence-electron chi connectivity index (χ3n) is 3.83. The maximum Gasteiger partial charge on any atom is 0.308 e. The van der Waals surface area contributed by atoms with Gasteiger partial charge in [-0.05, 0) is 49.9 Å². The molecule has 0 spiro atoms. The molecule has 1 aromatic carbocycles. The van der Waals surface area contributed by atoms with Gasteiger partial charge >= 0.3 is 5.97 Å². The summed E-state index contributed by atoms with van der Waals surface area (Å²) in [6.45, 7) is 7.98. The molecule has 2 aromatic rings. The zero-order chi connectivity index (χ0) is 17.9. The van der Waals surface area contributed by atoms with Crippen molar-refractivity contribution in [3.63, 3.8) is 0 Å². The van der Waals surface area contributed by atoms with Crippen LogP contribution in [0.5, 0.6) is 0 Å². The molecule has 2 N–H and O–H groups in total. The number of aromatic nitrogens is 1. The van der Waals surface area contributed by atoms with Gasteiger partial charge in [-0.1, -0.05) is 13.0 Å². The van der Waals surface area contributed by atoms with Gasteiger partial charge in [-0.15, -0.1) is 11.3 Å². The molecular weight excluding hydrogens is 324 g/mol. The van der Waals surface area contributed by atoms with Gasteiger partial charge in [0, 0.05) is 16.9 Å². The van der Waals surface area contributed by atoms with E-state index < -0.39 is 5.97 Å². The van der Waals surface area contributed by atoms with Gasteiger partial charge in [-0.25, -0.2) is 4.98 Å². The van der Waals surface area contributed by atoms with E-state index in [4.69, 9.17) is 0 Å². The van der Waals surface area contributed by atoms with Gasteiger partial charge < -0.3 is 10.4 Å². The highest BCUT2D eigenvalue weighted by atomic mass is 32.1. The van der Waals surface area contributed by atoms with Crippen molar-refractivity contribution >= 4 is 28.3 Å². The van der Waals surface area contributed by atoms with E-state index in [1.807, 2.05) is 33.8 Å². The van der Waals surface area contributed by atoms with Crippen LogP contribution in [-0.4, -0.2) is 22.0 Å². The highest BCUT2D eigenvalue weighted by Crippen LogP contribution is 2.34. The first-order valence-electron chi connectivity index (χ1n) is 7.91. The average Bonchev–Trinajstić information content (AvgIpc) is 2.84. The van der Waals surface area contributed by atoms with E-state index in [1.165, 1.54) is 16.9 Å². The number of thiazole rings is 1. The van der Waals surface area contributed by atoms with Crippen LogP contribution >= 0.6 is 11.3 Å². The summed E-state index contributed by atoms with van der Waals surface area (Å²) in [5, 5.41) is 12.4. The Labute approximate surface area is 145 Å². The number of carboxylic acids is 1. The predicted octanol–water partition coefficient (Wildman–Crippen LogP) is 4.10. The second-order valence-corrected chi connectivity index (χ2v) is 6.99. The zero-order valence-corrected chi connectivity index (χ0v) is 15.2. The lowest BCUT2D eigenvalue weighted by atomic mass is 9.98.